The van der Waals surface area contributed by atoms with Gasteiger partial charge in [-0.2, -0.15) is 0 Å². The summed E-state index contributed by atoms with van der Waals surface area (Å²) in [6, 6.07) is 0. The Balaban J connectivity index is 2.43. The summed E-state index contributed by atoms with van der Waals surface area (Å²) in [5.74, 6) is 0.260. The molecule has 0 fully saturated rings. The molecule has 0 saturated heterocycles. The highest BCUT2D eigenvalue weighted by molar-refractivity contribution is 5.47. The van der Waals surface area contributed by atoms with Gasteiger partial charge in [0.25, 0.3) is 0 Å². The molecular formula is C8H10N6. The number of nitrogens with two attached hydrogens (primary N) is 1. The number of aromatic nitrogens is 2. The smallest absolute Gasteiger partial charge is 0.219 e. The van der Waals surface area contributed by atoms with Gasteiger partial charge in [0.2, 0.25) is 5.95 Å². The molecule has 2 N–H and O–H groups in total. The summed E-state index contributed by atoms with van der Waals surface area (Å²) in [7, 11) is 0. The van der Waals surface area contributed by atoms with Gasteiger partial charge in [0, 0.05) is 29.4 Å². The van der Waals surface area contributed by atoms with Crippen LogP contribution in [-0.2, 0) is 0 Å². The van der Waals surface area contributed by atoms with E-state index in [1.165, 1.54) is 0 Å². The maximum absolute atomic E-state index is 8.01. The standard InChI is InChI=1S/C8H10N6/c9-8-11-5-7(6-12-8)3-1-2-4-13-14-10/h1,3,5-6H,2,4H2,(H2,9,11,12). The van der Waals surface area contributed by atoms with Crippen LogP contribution in [0.3, 0.4) is 0 Å². The summed E-state index contributed by atoms with van der Waals surface area (Å²) in [5, 5.41) is 3.40. The molecule has 0 saturated carbocycles. The molecule has 14 heavy (non-hydrogen) atoms. The molecule has 6 heteroatoms. The molecular weight excluding hydrogens is 180 g/mol. The lowest BCUT2D eigenvalue weighted by atomic mass is 10.3. The van der Waals surface area contributed by atoms with Gasteiger partial charge in [-0.3, -0.25) is 0 Å². The maximum atomic E-state index is 8.01. The lowest BCUT2D eigenvalue weighted by Gasteiger charge is -1.92. The minimum Gasteiger partial charge on any atom is -0.368 e. The first-order valence-corrected chi connectivity index (χ1v) is 4.08. The van der Waals surface area contributed by atoms with Crippen molar-refractivity contribution in [2.75, 3.05) is 12.3 Å². The molecule has 6 nitrogen and oxygen atoms in total. The molecule has 0 aliphatic carbocycles. The van der Waals surface area contributed by atoms with E-state index in [1.54, 1.807) is 12.4 Å². The van der Waals surface area contributed by atoms with Gasteiger partial charge in [-0.1, -0.05) is 17.3 Å². The largest absolute Gasteiger partial charge is 0.368 e. The minimum absolute atomic E-state index is 0.260. The predicted octanol–water partition coefficient (Wildman–Crippen LogP) is 1.77. The summed E-state index contributed by atoms with van der Waals surface area (Å²) in [5.41, 5.74) is 14.2. The average Bonchev–Trinajstić information content (AvgIpc) is 2.21. The first-order valence-electron chi connectivity index (χ1n) is 4.08. The third-order valence-corrected chi connectivity index (χ3v) is 1.46. The summed E-state index contributed by atoms with van der Waals surface area (Å²) >= 11 is 0. The topological polar surface area (TPSA) is 101 Å². The van der Waals surface area contributed by atoms with Gasteiger partial charge in [-0.15, -0.1) is 0 Å². The quantitative estimate of drug-likeness (QED) is 0.339. The van der Waals surface area contributed by atoms with Crippen LogP contribution >= 0.6 is 0 Å². The Bertz CT molecular complexity index is 349. The van der Waals surface area contributed by atoms with Gasteiger partial charge >= 0.3 is 0 Å². The third kappa shape index (κ3) is 3.55. The van der Waals surface area contributed by atoms with Crippen molar-refractivity contribution in [1.29, 1.82) is 0 Å². The van der Waals surface area contributed by atoms with Crippen LogP contribution in [0, 0.1) is 0 Å². The fourth-order valence-electron chi connectivity index (χ4n) is 0.830. The molecule has 0 radical (unpaired) electrons. The van der Waals surface area contributed by atoms with Crippen LogP contribution in [0.4, 0.5) is 5.95 Å². The SMILES string of the molecule is [N-]=[N+]=NCCC=Cc1cnc(N)nc1. The molecule has 0 bridgehead atoms. The number of hydrogen-bond donors (Lipinski definition) is 1. The summed E-state index contributed by atoms with van der Waals surface area (Å²) in [6.07, 6.45) is 7.71. The van der Waals surface area contributed by atoms with Gasteiger partial charge in [0.1, 0.15) is 0 Å². The Kier molecular flexibility index (Phi) is 3.97. The highest BCUT2D eigenvalue weighted by Crippen LogP contribution is 2.00. The zero-order valence-corrected chi connectivity index (χ0v) is 7.54. The van der Waals surface area contributed by atoms with Crippen LogP contribution in [0.15, 0.2) is 23.6 Å². The molecule has 0 amide bonds. The molecule has 1 aromatic rings. The normalized spacial score (nSPS) is 10.0. The van der Waals surface area contributed by atoms with E-state index in [4.69, 9.17) is 11.3 Å². The van der Waals surface area contributed by atoms with Crippen molar-refractivity contribution in [3.8, 4) is 0 Å². The number of anilines is 1. The van der Waals surface area contributed by atoms with Gasteiger partial charge in [-0.25, -0.2) is 9.97 Å². The Morgan fingerprint density at radius 3 is 2.86 bits per heavy atom. The van der Waals surface area contributed by atoms with Crippen LogP contribution in [0.2, 0.25) is 0 Å². The van der Waals surface area contributed by atoms with Crippen molar-refractivity contribution in [3.05, 3.63) is 34.5 Å². The predicted molar refractivity (Wildman–Crippen MR) is 54.1 cm³/mol. The molecule has 0 aliphatic heterocycles. The van der Waals surface area contributed by atoms with Crippen LogP contribution in [-0.4, -0.2) is 16.5 Å². The van der Waals surface area contributed by atoms with Crippen LogP contribution in [0.5, 0.6) is 0 Å². The summed E-state index contributed by atoms with van der Waals surface area (Å²) < 4.78 is 0. The minimum atomic E-state index is 0.260. The summed E-state index contributed by atoms with van der Waals surface area (Å²) in [6.45, 7) is 0.461. The van der Waals surface area contributed by atoms with E-state index in [9.17, 15) is 0 Å². The van der Waals surface area contributed by atoms with Crippen LogP contribution in [0.1, 0.15) is 12.0 Å². The number of rotatable bonds is 4. The average molecular weight is 190 g/mol. The second-order valence-corrected chi connectivity index (χ2v) is 2.52. The number of hydrogen-bond acceptors (Lipinski definition) is 4. The number of azide groups is 1. The molecule has 0 aliphatic rings. The van der Waals surface area contributed by atoms with Crippen molar-refractivity contribution in [1.82, 2.24) is 9.97 Å². The van der Waals surface area contributed by atoms with Gasteiger partial charge < -0.3 is 5.73 Å². The summed E-state index contributed by atoms with van der Waals surface area (Å²) in [4.78, 5) is 10.3. The van der Waals surface area contributed by atoms with Crippen LogP contribution < -0.4 is 5.73 Å². The lowest BCUT2D eigenvalue weighted by molar-refractivity contribution is 0.995. The van der Waals surface area contributed by atoms with Gasteiger partial charge in [-0.05, 0) is 12.0 Å². The van der Waals surface area contributed by atoms with Crippen molar-refractivity contribution in [2.45, 2.75) is 6.42 Å². The van der Waals surface area contributed by atoms with E-state index in [1.807, 2.05) is 12.2 Å². The monoisotopic (exact) mass is 190 g/mol. The molecule has 0 atom stereocenters. The highest BCUT2D eigenvalue weighted by Gasteiger charge is 1.88. The molecule has 1 aromatic heterocycles. The Labute approximate surface area is 81.1 Å². The Hall–Kier alpha value is -2.07. The van der Waals surface area contributed by atoms with Crippen molar-refractivity contribution in [3.63, 3.8) is 0 Å². The van der Waals surface area contributed by atoms with Crippen molar-refractivity contribution < 1.29 is 0 Å². The lowest BCUT2D eigenvalue weighted by Crippen LogP contribution is -1.92. The van der Waals surface area contributed by atoms with E-state index in [2.05, 4.69) is 20.0 Å². The maximum Gasteiger partial charge on any atom is 0.219 e. The second-order valence-electron chi connectivity index (χ2n) is 2.52. The van der Waals surface area contributed by atoms with Crippen LogP contribution in [0.25, 0.3) is 16.5 Å². The van der Waals surface area contributed by atoms with Crippen molar-refractivity contribution in [2.24, 2.45) is 5.11 Å². The van der Waals surface area contributed by atoms with Gasteiger partial charge in [0.05, 0.1) is 0 Å². The van der Waals surface area contributed by atoms with E-state index in [-0.39, 0.29) is 5.95 Å². The van der Waals surface area contributed by atoms with E-state index < -0.39 is 0 Å². The third-order valence-electron chi connectivity index (χ3n) is 1.46. The van der Waals surface area contributed by atoms with Crippen molar-refractivity contribution >= 4 is 12.0 Å². The van der Waals surface area contributed by atoms with Gasteiger partial charge in [0.15, 0.2) is 0 Å². The van der Waals surface area contributed by atoms with E-state index in [0.717, 1.165) is 5.56 Å². The Morgan fingerprint density at radius 2 is 2.21 bits per heavy atom. The Morgan fingerprint density at radius 1 is 1.50 bits per heavy atom. The zero-order valence-electron chi connectivity index (χ0n) is 7.54. The fourth-order valence-corrected chi connectivity index (χ4v) is 0.830. The number of nitrogens with zero attached hydrogens (tertiary/aromatic N) is 5. The van der Waals surface area contributed by atoms with E-state index in [0.29, 0.717) is 13.0 Å². The second kappa shape index (κ2) is 5.55. The zero-order chi connectivity index (χ0) is 10.2. The number of nitrogen functional groups attached to an aromatic ring is 1. The molecule has 0 unspecified atom stereocenters. The molecule has 0 aromatic carbocycles. The van der Waals surface area contributed by atoms with E-state index >= 15 is 0 Å². The molecule has 1 heterocycles. The molecule has 0 spiro atoms. The first-order chi connectivity index (χ1) is 6.83. The fraction of sp³-hybridized carbons (Fsp3) is 0.250. The highest BCUT2D eigenvalue weighted by atomic mass is 15.1. The molecule has 72 valence electrons. The molecule has 1 rings (SSSR count). The first kappa shape index (κ1) is 10.0.